The molecule has 2 aromatic carbocycles. The number of aryl methyl sites for hydroxylation is 1. The van der Waals surface area contributed by atoms with Crippen LogP contribution in [0.1, 0.15) is 28.8 Å². The zero-order chi connectivity index (χ0) is 23.9. The lowest BCUT2D eigenvalue weighted by Gasteiger charge is -2.34. The molecule has 0 radical (unpaired) electrons. The van der Waals surface area contributed by atoms with E-state index in [1.165, 1.54) is 0 Å². The molecule has 8 heteroatoms. The Morgan fingerprint density at radius 1 is 0.794 bits per heavy atom. The number of likely N-dealkylation sites (tertiary alicyclic amines) is 1. The zero-order valence-corrected chi connectivity index (χ0v) is 19.8. The molecular weight excluding hydrogens is 430 g/mol. The van der Waals surface area contributed by atoms with Crippen molar-refractivity contribution in [1.29, 1.82) is 0 Å². The number of amides is 3. The standard InChI is InChI=1S/C26H33N5O3/c1-20-7-6-8-21(17-20)27-26(34)22-9-2-3-10-23(22)28-24(32)18-29-13-15-30(16-14-29)19-25(33)31-11-4-5-12-31/h2-3,6-10,17H,4-5,11-16,18-19H2,1H3,(H,27,34)(H,28,32). The number of hydrogen-bond donors (Lipinski definition) is 2. The molecule has 2 aromatic rings. The van der Waals surface area contributed by atoms with Crippen molar-refractivity contribution in [3.8, 4) is 0 Å². The first-order valence-electron chi connectivity index (χ1n) is 12.0. The van der Waals surface area contributed by atoms with Gasteiger partial charge in [0.2, 0.25) is 11.8 Å². The van der Waals surface area contributed by atoms with Crippen LogP contribution in [0.15, 0.2) is 48.5 Å². The quantitative estimate of drug-likeness (QED) is 0.659. The summed E-state index contributed by atoms with van der Waals surface area (Å²) in [6.45, 7) is 7.43. The number of nitrogens with one attached hydrogen (secondary N) is 2. The maximum absolute atomic E-state index is 12.8. The van der Waals surface area contributed by atoms with E-state index in [9.17, 15) is 14.4 Å². The van der Waals surface area contributed by atoms with Gasteiger partial charge in [-0.05, 0) is 49.6 Å². The average Bonchev–Trinajstić information content (AvgIpc) is 3.36. The number of rotatable bonds is 7. The van der Waals surface area contributed by atoms with Gasteiger partial charge in [-0.15, -0.1) is 0 Å². The van der Waals surface area contributed by atoms with Crippen LogP contribution in [0.3, 0.4) is 0 Å². The van der Waals surface area contributed by atoms with Crippen LogP contribution in [0.4, 0.5) is 11.4 Å². The Bertz CT molecular complexity index is 1030. The predicted octanol–water partition coefficient (Wildman–Crippen LogP) is 2.43. The summed E-state index contributed by atoms with van der Waals surface area (Å²) in [6, 6.07) is 14.6. The second-order valence-corrected chi connectivity index (χ2v) is 9.06. The van der Waals surface area contributed by atoms with Crippen molar-refractivity contribution in [3.63, 3.8) is 0 Å². The number of nitrogens with zero attached hydrogens (tertiary/aromatic N) is 3. The number of hydrogen-bond acceptors (Lipinski definition) is 5. The molecule has 4 rings (SSSR count). The Morgan fingerprint density at radius 2 is 1.47 bits per heavy atom. The largest absolute Gasteiger partial charge is 0.342 e. The van der Waals surface area contributed by atoms with E-state index in [1.54, 1.807) is 24.3 Å². The van der Waals surface area contributed by atoms with E-state index in [0.29, 0.717) is 23.5 Å². The first kappa shape index (κ1) is 23.9. The Hall–Kier alpha value is -3.23. The average molecular weight is 464 g/mol. The fourth-order valence-electron chi connectivity index (χ4n) is 4.47. The molecule has 2 saturated heterocycles. The minimum Gasteiger partial charge on any atom is -0.342 e. The number of para-hydroxylation sites is 1. The molecule has 2 heterocycles. The Morgan fingerprint density at radius 3 is 2.18 bits per heavy atom. The number of anilines is 2. The normalized spacial score (nSPS) is 16.9. The molecule has 2 aliphatic rings. The number of benzene rings is 2. The van der Waals surface area contributed by atoms with Crippen molar-refractivity contribution in [2.24, 2.45) is 0 Å². The third-order valence-electron chi connectivity index (χ3n) is 6.37. The van der Waals surface area contributed by atoms with Gasteiger partial charge >= 0.3 is 0 Å². The van der Waals surface area contributed by atoms with Crippen LogP contribution >= 0.6 is 0 Å². The van der Waals surface area contributed by atoms with E-state index in [-0.39, 0.29) is 24.3 Å². The topological polar surface area (TPSA) is 85.0 Å². The highest BCUT2D eigenvalue weighted by Crippen LogP contribution is 2.18. The maximum atomic E-state index is 12.8. The number of piperazine rings is 1. The van der Waals surface area contributed by atoms with E-state index in [2.05, 4.69) is 20.4 Å². The van der Waals surface area contributed by atoms with Crippen LogP contribution in [0.5, 0.6) is 0 Å². The van der Waals surface area contributed by atoms with Gasteiger partial charge in [0.25, 0.3) is 5.91 Å². The second kappa shape index (κ2) is 11.3. The molecule has 34 heavy (non-hydrogen) atoms. The van der Waals surface area contributed by atoms with Gasteiger partial charge in [0.1, 0.15) is 0 Å². The maximum Gasteiger partial charge on any atom is 0.257 e. The first-order chi connectivity index (χ1) is 16.5. The van der Waals surface area contributed by atoms with Crippen molar-refractivity contribution in [2.75, 3.05) is 63.0 Å². The summed E-state index contributed by atoms with van der Waals surface area (Å²) >= 11 is 0. The molecule has 2 fully saturated rings. The molecule has 0 unspecified atom stereocenters. The van der Waals surface area contributed by atoms with Gasteiger partial charge in [-0.3, -0.25) is 24.2 Å². The number of carbonyl (C=O) groups is 3. The Labute approximate surface area is 200 Å². The van der Waals surface area contributed by atoms with Gasteiger partial charge in [0.15, 0.2) is 0 Å². The lowest BCUT2D eigenvalue weighted by Crippen LogP contribution is -2.51. The van der Waals surface area contributed by atoms with E-state index < -0.39 is 0 Å². The Kier molecular flexibility index (Phi) is 7.92. The SMILES string of the molecule is Cc1cccc(NC(=O)c2ccccc2NC(=O)CN2CCN(CC(=O)N3CCCC3)CC2)c1. The molecule has 2 aliphatic heterocycles. The van der Waals surface area contributed by atoms with Crippen molar-refractivity contribution in [3.05, 3.63) is 59.7 Å². The van der Waals surface area contributed by atoms with Crippen LogP contribution < -0.4 is 10.6 Å². The van der Waals surface area contributed by atoms with Crippen LogP contribution in [-0.4, -0.2) is 84.8 Å². The lowest BCUT2D eigenvalue weighted by atomic mass is 10.1. The fourth-order valence-corrected chi connectivity index (χ4v) is 4.47. The molecule has 0 atom stereocenters. The van der Waals surface area contributed by atoms with Crippen LogP contribution in [0, 0.1) is 6.92 Å². The van der Waals surface area contributed by atoms with E-state index >= 15 is 0 Å². The summed E-state index contributed by atoms with van der Waals surface area (Å²) in [5.74, 6) is -0.209. The van der Waals surface area contributed by atoms with Crippen molar-refractivity contribution in [2.45, 2.75) is 19.8 Å². The third-order valence-corrected chi connectivity index (χ3v) is 6.37. The molecular formula is C26H33N5O3. The van der Waals surface area contributed by atoms with Gasteiger partial charge < -0.3 is 15.5 Å². The van der Waals surface area contributed by atoms with Crippen LogP contribution in [0.25, 0.3) is 0 Å². The smallest absolute Gasteiger partial charge is 0.257 e. The van der Waals surface area contributed by atoms with Gasteiger partial charge in [0, 0.05) is 45.0 Å². The summed E-state index contributed by atoms with van der Waals surface area (Å²) in [4.78, 5) is 44.1. The highest BCUT2D eigenvalue weighted by molar-refractivity contribution is 6.10. The van der Waals surface area contributed by atoms with Gasteiger partial charge in [0.05, 0.1) is 24.3 Å². The lowest BCUT2D eigenvalue weighted by molar-refractivity contribution is -0.132. The van der Waals surface area contributed by atoms with E-state index in [4.69, 9.17) is 0 Å². The number of carbonyl (C=O) groups excluding carboxylic acids is 3. The highest BCUT2D eigenvalue weighted by atomic mass is 16.2. The Balaban J connectivity index is 1.26. The van der Waals surface area contributed by atoms with Crippen molar-refractivity contribution >= 4 is 29.1 Å². The van der Waals surface area contributed by atoms with Gasteiger partial charge in [-0.25, -0.2) is 0 Å². The van der Waals surface area contributed by atoms with Crippen molar-refractivity contribution in [1.82, 2.24) is 14.7 Å². The monoisotopic (exact) mass is 463 g/mol. The molecule has 180 valence electrons. The summed E-state index contributed by atoms with van der Waals surface area (Å²) in [5.41, 5.74) is 2.68. The summed E-state index contributed by atoms with van der Waals surface area (Å²) in [5, 5.41) is 5.80. The highest BCUT2D eigenvalue weighted by Gasteiger charge is 2.24. The molecule has 0 bridgehead atoms. The van der Waals surface area contributed by atoms with E-state index in [0.717, 1.165) is 57.7 Å². The zero-order valence-electron chi connectivity index (χ0n) is 19.8. The predicted molar refractivity (Wildman–Crippen MR) is 133 cm³/mol. The molecule has 0 aromatic heterocycles. The third kappa shape index (κ3) is 6.42. The van der Waals surface area contributed by atoms with E-state index in [1.807, 2.05) is 36.1 Å². The van der Waals surface area contributed by atoms with Crippen LogP contribution in [-0.2, 0) is 9.59 Å². The summed E-state index contributed by atoms with van der Waals surface area (Å²) in [6.07, 6.45) is 2.21. The van der Waals surface area contributed by atoms with Crippen molar-refractivity contribution < 1.29 is 14.4 Å². The molecule has 3 amide bonds. The first-order valence-corrected chi connectivity index (χ1v) is 12.0. The fraction of sp³-hybridized carbons (Fsp3) is 0.423. The minimum atomic E-state index is -0.266. The van der Waals surface area contributed by atoms with Gasteiger partial charge in [-0.1, -0.05) is 24.3 Å². The molecule has 8 nitrogen and oxygen atoms in total. The molecule has 0 saturated carbocycles. The van der Waals surface area contributed by atoms with Crippen LogP contribution in [0.2, 0.25) is 0 Å². The molecule has 2 N–H and O–H groups in total. The minimum absolute atomic E-state index is 0.155. The molecule has 0 spiro atoms. The summed E-state index contributed by atoms with van der Waals surface area (Å²) < 4.78 is 0. The second-order valence-electron chi connectivity index (χ2n) is 9.06. The van der Waals surface area contributed by atoms with Gasteiger partial charge in [-0.2, -0.15) is 0 Å². The summed E-state index contributed by atoms with van der Waals surface area (Å²) in [7, 11) is 0. The molecule has 0 aliphatic carbocycles.